The fourth-order valence-electron chi connectivity index (χ4n) is 4.14. The number of hydrogen-bond donors (Lipinski definition) is 2. The molecule has 2 aromatic carbocycles. The standard InChI is InChI=1S/C25H24ClF3N4O/c1-14(16-3-2-4-18(26)11-16)32-24(34)19-6-5-17(12-20(19)27)22-23(30)31-13-21(33-22)15-7-9-25(28,29)10-8-15/h2-6,11-15H,7-10H2,1H3,(H2,30,31)(H,32,34)/t14-/m0/s1. The van der Waals surface area contributed by atoms with Crippen LogP contribution in [0.25, 0.3) is 11.3 Å². The van der Waals surface area contributed by atoms with Crippen molar-refractivity contribution in [2.24, 2.45) is 0 Å². The summed E-state index contributed by atoms with van der Waals surface area (Å²) in [6.07, 6.45) is 1.67. The summed E-state index contributed by atoms with van der Waals surface area (Å²) in [7, 11) is 0. The number of alkyl halides is 2. The van der Waals surface area contributed by atoms with Gasteiger partial charge in [-0.15, -0.1) is 0 Å². The number of nitrogens with zero attached hydrogens (tertiary/aromatic N) is 2. The van der Waals surface area contributed by atoms with E-state index in [9.17, 15) is 18.0 Å². The molecule has 0 saturated heterocycles. The lowest BCUT2D eigenvalue weighted by atomic mass is 9.85. The van der Waals surface area contributed by atoms with Gasteiger partial charge in [0.05, 0.1) is 23.5 Å². The molecule has 1 amide bonds. The first-order chi connectivity index (χ1) is 16.1. The maximum absolute atomic E-state index is 14.9. The van der Waals surface area contributed by atoms with Crippen LogP contribution in [0.2, 0.25) is 5.02 Å². The van der Waals surface area contributed by atoms with E-state index in [2.05, 4.69) is 15.3 Å². The van der Waals surface area contributed by atoms with Gasteiger partial charge in [0.25, 0.3) is 5.91 Å². The second-order valence-electron chi connectivity index (χ2n) is 8.60. The lowest BCUT2D eigenvalue weighted by molar-refractivity contribution is -0.0385. The Morgan fingerprint density at radius 1 is 1.21 bits per heavy atom. The van der Waals surface area contributed by atoms with Gasteiger partial charge in [-0.05, 0) is 49.6 Å². The average Bonchev–Trinajstić information content (AvgIpc) is 2.79. The van der Waals surface area contributed by atoms with E-state index >= 15 is 0 Å². The van der Waals surface area contributed by atoms with Gasteiger partial charge in [0.1, 0.15) is 17.3 Å². The van der Waals surface area contributed by atoms with E-state index in [0.29, 0.717) is 29.1 Å². The monoisotopic (exact) mass is 488 g/mol. The van der Waals surface area contributed by atoms with Gasteiger partial charge < -0.3 is 11.1 Å². The van der Waals surface area contributed by atoms with E-state index < -0.39 is 17.6 Å². The number of nitrogen functional groups attached to an aromatic ring is 1. The number of anilines is 1. The predicted octanol–water partition coefficient (Wildman–Crippen LogP) is 6.30. The summed E-state index contributed by atoms with van der Waals surface area (Å²) in [5.41, 5.74) is 7.80. The highest BCUT2D eigenvalue weighted by Crippen LogP contribution is 2.40. The van der Waals surface area contributed by atoms with Crippen LogP contribution >= 0.6 is 11.6 Å². The molecule has 1 atom stereocenters. The Bertz CT molecular complexity index is 1210. The van der Waals surface area contributed by atoms with Gasteiger partial charge in [-0.2, -0.15) is 0 Å². The largest absolute Gasteiger partial charge is 0.382 e. The zero-order valence-electron chi connectivity index (χ0n) is 18.5. The van der Waals surface area contributed by atoms with Crippen LogP contribution in [-0.4, -0.2) is 21.8 Å². The quantitative estimate of drug-likeness (QED) is 0.441. The predicted molar refractivity (Wildman–Crippen MR) is 125 cm³/mol. The molecule has 3 N–H and O–H groups in total. The molecule has 9 heteroatoms. The highest BCUT2D eigenvalue weighted by Gasteiger charge is 2.36. The molecular weight excluding hydrogens is 465 g/mol. The molecule has 0 spiro atoms. The second-order valence-corrected chi connectivity index (χ2v) is 9.04. The smallest absolute Gasteiger partial charge is 0.254 e. The summed E-state index contributed by atoms with van der Waals surface area (Å²) >= 11 is 6.00. The molecule has 1 aromatic heterocycles. The van der Waals surface area contributed by atoms with E-state index in [1.807, 2.05) is 6.07 Å². The number of nitrogens with one attached hydrogen (secondary N) is 1. The molecule has 4 rings (SSSR count). The number of halogens is 4. The first kappa shape index (κ1) is 24.0. The number of aromatic nitrogens is 2. The molecule has 1 heterocycles. The summed E-state index contributed by atoms with van der Waals surface area (Å²) in [5.74, 6) is -4.03. The van der Waals surface area contributed by atoms with E-state index in [4.69, 9.17) is 17.3 Å². The zero-order chi connectivity index (χ0) is 24.5. The molecule has 34 heavy (non-hydrogen) atoms. The third kappa shape index (κ3) is 5.33. The third-order valence-electron chi connectivity index (χ3n) is 6.14. The van der Waals surface area contributed by atoms with Crippen LogP contribution < -0.4 is 11.1 Å². The van der Waals surface area contributed by atoms with Crippen LogP contribution in [0.15, 0.2) is 48.7 Å². The molecule has 0 radical (unpaired) electrons. The molecule has 0 bridgehead atoms. The van der Waals surface area contributed by atoms with Crippen molar-refractivity contribution in [1.82, 2.24) is 15.3 Å². The fourth-order valence-corrected chi connectivity index (χ4v) is 4.34. The van der Waals surface area contributed by atoms with E-state index in [-0.39, 0.29) is 41.9 Å². The first-order valence-electron chi connectivity index (χ1n) is 11.0. The summed E-state index contributed by atoms with van der Waals surface area (Å²) in [5, 5.41) is 3.30. The normalized spacial score (nSPS) is 16.7. The lowest BCUT2D eigenvalue weighted by Crippen LogP contribution is -2.27. The Labute approximate surface area is 200 Å². The average molecular weight is 489 g/mol. The van der Waals surface area contributed by atoms with Crippen LogP contribution in [0, 0.1) is 5.82 Å². The summed E-state index contributed by atoms with van der Waals surface area (Å²) in [4.78, 5) is 21.3. The van der Waals surface area contributed by atoms with Gasteiger partial charge in [-0.1, -0.05) is 29.8 Å². The van der Waals surface area contributed by atoms with Crippen molar-refractivity contribution >= 4 is 23.3 Å². The molecule has 0 unspecified atom stereocenters. The second kappa shape index (κ2) is 9.62. The van der Waals surface area contributed by atoms with Crippen molar-refractivity contribution in [2.45, 2.75) is 50.5 Å². The highest BCUT2D eigenvalue weighted by atomic mass is 35.5. The van der Waals surface area contributed by atoms with E-state index in [0.717, 1.165) is 5.56 Å². The molecule has 1 saturated carbocycles. The van der Waals surface area contributed by atoms with Crippen molar-refractivity contribution < 1.29 is 18.0 Å². The minimum atomic E-state index is -2.65. The van der Waals surface area contributed by atoms with Crippen LogP contribution in [0.3, 0.4) is 0 Å². The van der Waals surface area contributed by atoms with Crippen molar-refractivity contribution in [2.75, 3.05) is 5.73 Å². The van der Waals surface area contributed by atoms with Crippen LogP contribution in [0.1, 0.15) is 66.2 Å². The van der Waals surface area contributed by atoms with Gasteiger partial charge in [0, 0.05) is 29.3 Å². The van der Waals surface area contributed by atoms with Crippen molar-refractivity contribution in [3.05, 3.63) is 76.3 Å². The molecule has 1 fully saturated rings. The Hall–Kier alpha value is -3.13. The maximum atomic E-state index is 14.9. The van der Waals surface area contributed by atoms with Crippen molar-refractivity contribution in [1.29, 1.82) is 0 Å². The minimum Gasteiger partial charge on any atom is -0.382 e. The van der Waals surface area contributed by atoms with Gasteiger partial charge in [-0.3, -0.25) is 4.79 Å². The number of nitrogens with two attached hydrogens (primary N) is 1. The topological polar surface area (TPSA) is 80.9 Å². The Kier molecular flexibility index (Phi) is 6.79. The fraction of sp³-hybridized carbons (Fsp3) is 0.320. The Morgan fingerprint density at radius 2 is 1.94 bits per heavy atom. The first-order valence-corrected chi connectivity index (χ1v) is 11.4. The molecular formula is C25H24ClF3N4O. The van der Waals surface area contributed by atoms with Crippen LogP contribution in [-0.2, 0) is 0 Å². The highest BCUT2D eigenvalue weighted by molar-refractivity contribution is 6.30. The van der Waals surface area contributed by atoms with E-state index in [1.165, 1.54) is 18.3 Å². The number of hydrogen-bond acceptors (Lipinski definition) is 4. The molecule has 1 aliphatic carbocycles. The van der Waals surface area contributed by atoms with Crippen molar-refractivity contribution in [3.8, 4) is 11.3 Å². The van der Waals surface area contributed by atoms with Gasteiger partial charge >= 0.3 is 0 Å². The number of benzene rings is 2. The number of carbonyl (C=O) groups is 1. The third-order valence-corrected chi connectivity index (χ3v) is 6.37. The van der Waals surface area contributed by atoms with Crippen LogP contribution in [0.4, 0.5) is 19.0 Å². The number of carbonyl (C=O) groups excluding carboxylic acids is 1. The minimum absolute atomic E-state index is 0.0936. The van der Waals surface area contributed by atoms with Crippen molar-refractivity contribution in [3.63, 3.8) is 0 Å². The Balaban J connectivity index is 1.53. The van der Waals surface area contributed by atoms with Gasteiger partial charge in [0.2, 0.25) is 5.92 Å². The zero-order valence-corrected chi connectivity index (χ0v) is 19.2. The molecule has 3 aromatic rings. The lowest BCUT2D eigenvalue weighted by Gasteiger charge is -2.27. The number of rotatable bonds is 5. The maximum Gasteiger partial charge on any atom is 0.254 e. The SMILES string of the molecule is C[C@H](NC(=O)c1ccc(-c2nc(C3CCC(F)(F)CC3)cnc2N)cc1F)c1cccc(Cl)c1. The molecule has 1 aliphatic rings. The molecule has 178 valence electrons. The van der Waals surface area contributed by atoms with E-state index in [1.54, 1.807) is 31.2 Å². The Morgan fingerprint density at radius 3 is 2.62 bits per heavy atom. The summed E-state index contributed by atoms with van der Waals surface area (Å²) in [6.45, 7) is 1.78. The summed E-state index contributed by atoms with van der Waals surface area (Å²) in [6, 6.07) is 10.7. The number of amides is 1. The molecule has 0 aliphatic heterocycles. The summed E-state index contributed by atoms with van der Waals surface area (Å²) < 4.78 is 41.9. The van der Waals surface area contributed by atoms with Gasteiger partial charge in [0.15, 0.2) is 0 Å². The van der Waals surface area contributed by atoms with Gasteiger partial charge in [-0.25, -0.2) is 23.1 Å². The van der Waals surface area contributed by atoms with Crippen LogP contribution in [0.5, 0.6) is 0 Å². The molecule has 5 nitrogen and oxygen atoms in total.